The SMILES string of the molecule is O=C(N/N=C\c1cccc(Oc2ccccc2)c1)C1CCN(Cc2ccc([N+](=O)[O-])cc2)CC1. The Hall–Kier alpha value is -4.04. The molecule has 0 unspecified atom stereocenters. The Bertz CT molecular complexity index is 1140. The molecule has 0 bridgehead atoms. The highest BCUT2D eigenvalue weighted by Crippen LogP contribution is 2.22. The van der Waals surface area contributed by atoms with E-state index in [2.05, 4.69) is 15.4 Å². The van der Waals surface area contributed by atoms with Gasteiger partial charge in [0.25, 0.3) is 5.69 Å². The Kier molecular flexibility index (Phi) is 7.62. The van der Waals surface area contributed by atoms with E-state index < -0.39 is 4.92 Å². The number of nitro groups is 1. The number of carbonyl (C=O) groups excluding carboxylic acids is 1. The van der Waals surface area contributed by atoms with Gasteiger partial charge in [-0.05, 0) is 61.3 Å². The summed E-state index contributed by atoms with van der Waals surface area (Å²) in [5.74, 6) is 1.28. The largest absolute Gasteiger partial charge is 0.457 e. The number of nitrogens with one attached hydrogen (secondary N) is 1. The molecule has 0 atom stereocenters. The summed E-state index contributed by atoms with van der Waals surface area (Å²) in [5.41, 5.74) is 4.60. The van der Waals surface area contributed by atoms with E-state index in [0.717, 1.165) is 42.8 Å². The molecule has 0 aliphatic carbocycles. The van der Waals surface area contributed by atoms with E-state index in [9.17, 15) is 14.9 Å². The van der Waals surface area contributed by atoms with Crippen molar-refractivity contribution in [3.63, 3.8) is 0 Å². The number of hydrazone groups is 1. The second-order valence-electron chi connectivity index (χ2n) is 8.20. The van der Waals surface area contributed by atoms with Gasteiger partial charge in [-0.2, -0.15) is 5.10 Å². The van der Waals surface area contributed by atoms with Gasteiger partial charge in [-0.3, -0.25) is 19.8 Å². The molecule has 174 valence electrons. The molecule has 0 saturated carbocycles. The number of nitro benzene ring substituents is 1. The topological polar surface area (TPSA) is 97.1 Å². The van der Waals surface area contributed by atoms with Crippen LogP contribution in [0.4, 0.5) is 5.69 Å². The van der Waals surface area contributed by atoms with Crippen molar-refractivity contribution in [1.82, 2.24) is 10.3 Å². The molecule has 0 spiro atoms. The fourth-order valence-corrected chi connectivity index (χ4v) is 3.88. The molecule has 1 fully saturated rings. The van der Waals surface area contributed by atoms with Crippen LogP contribution in [0.3, 0.4) is 0 Å². The maximum absolute atomic E-state index is 12.5. The molecule has 1 aliphatic rings. The molecule has 4 rings (SSSR count). The van der Waals surface area contributed by atoms with Crippen molar-refractivity contribution >= 4 is 17.8 Å². The van der Waals surface area contributed by atoms with E-state index in [0.29, 0.717) is 12.3 Å². The van der Waals surface area contributed by atoms with Crippen LogP contribution < -0.4 is 10.2 Å². The quantitative estimate of drug-likeness (QED) is 0.298. The van der Waals surface area contributed by atoms with E-state index in [1.807, 2.05) is 54.6 Å². The molecule has 34 heavy (non-hydrogen) atoms. The summed E-state index contributed by atoms with van der Waals surface area (Å²) >= 11 is 0. The van der Waals surface area contributed by atoms with Crippen LogP contribution in [0.5, 0.6) is 11.5 Å². The van der Waals surface area contributed by atoms with Crippen molar-refractivity contribution in [3.8, 4) is 11.5 Å². The van der Waals surface area contributed by atoms with Gasteiger partial charge in [0, 0.05) is 24.6 Å². The Morgan fingerprint density at radius 3 is 2.44 bits per heavy atom. The number of carbonyl (C=O) groups is 1. The van der Waals surface area contributed by atoms with Crippen molar-refractivity contribution in [2.24, 2.45) is 11.0 Å². The Labute approximate surface area is 198 Å². The number of nitrogens with zero attached hydrogens (tertiary/aromatic N) is 3. The molecule has 0 radical (unpaired) electrons. The lowest BCUT2D eigenvalue weighted by Crippen LogP contribution is -2.39. The summed E-state index contributed by atoms with van der Waals surface area (Å²) in [5, 5.41) is 14.9. The maximum atomic E-state index is 12.5. The third-order valence-electron chi connectivity index (χ3n) is 5.74. The first kappa shape index (κ1) is 23.1. The van der Waals surface area contributed by atoms with Crippen LogP contribution in [0.2, 0.25) is 0 Å². The van der Waals surface area contributed by atoms with Gasteiger partial charge in [-0.25, -0.2) is 5.43 Å². The number of benzene rings is 3. The van der Waals surface area contributed by atoms with Gasteiger partial charge in [-0.1, -0.05) is 42.5 Å². The number of rotatable bonds is 8. The standard InChI is InChI=1S/C26H26N4O4/c31-26(22-13-15-29(16-14-22)19-20-9-11-23(12-10-20)30(32)33)28-27-18-21-5-4-8-25(17-21)34-24-6-2-1-3-7-24/h1-12,17-18,22H,13-16,19H2,(H,28,31)/b27-18-. The van der Waals surface area contributed by atoms with E-state index >= 15 is 0 Å². The van der Waals surface area contributed by atoms with Gasteiger partial charge in [0.2, 0.25) is 5.91 Å². The molecule has 3 aromatic carbocycles. The molecule has 3 aromatic rings. The van der Waals surface area contributed by atoms with Gasteiger partial charge in [0.15, 0.2) is 0 Å². The minimum atomic E-state index is -0.397. The highest BCUT2D eigenvalue weighted by Gasteiger charge is 2.24. The van der Waals surface area contributed by atoms with Gasteiger partial charge >= 0.3 is 0 Å². The van der Waals surface area contributed by atoms with Crippen LogP contribution >= 0.6 is 0 Å². The summed E-state index contributed by atoms with van der Waals surface area (Å²) in [7, 11) is 0. The Morgan fingerprint density at radius 2 is 1.74 bits per heavy atom. The van der Waals surface area contributed by atoms with Gasteiger partial charge in [0.1, 0.15) is 11.5 Å². The zero-order valence-corrected chi connectivity index (χ0v) is 18.7. The lowest BCUT2D eigenvalue weighted by Gasteiger charge is -2.30. The molecular weight excluding hydrogens is 432 g/mol. The zero-order valence-electron chi connectivity index (χ0n) is 18.7. The summed E-state index contributed by atoms with van der Waals surface area (Å²) in [6.45, 7) is 2.29. The smallest absolute Gasteiger partial charge is 0.269 e. The van der Waals surface area contributed by atoms with Crippen LogP contribution in [-0.2, 0) is 11.3 Å². The number of hydrogen-bond donors (Lipinski definition) is 1. The molecule has 1 heterocycles. The van der Waals surface area contributed by atoms with Crippen LogP contribution in [0.1, 0.15) is 24.0 Å². The van der Waals surface area contributed by atoms with E-state index in [1.165, 1.54) is 12.1 Å². The number of likely N-dealkylation sites (tertiary alicyclic amines) is 1. The monoisotopic (exact) mass is 458 g/mol. The Morgan fingerprint density at radius 1 is 1.03 bits per heavy atom. The molecule has 8 nitrogen and oxygen atoms in total. The van der Waals surface area contributed by atoms with Gasteiger partial charge < -0.3 is 4.74 Å². The van der Waals surface area contributed by atoms with Crippen LogP contribution in [-0.4, -0.2) is 35.0 Å². The van der Waals surface area contributed by atoms with Crippen molar-refractivity contribution in [2.45, 2.75) is 19.4 Å². The lowest BCUT2D eigenvalue weighted by atomic mass is 9.96. The first-order valence-corrected chi connectivity index (χ1v) is 11.2. The second kappa shape index (κ2) is 11.2. The van der Waals surface area contributed by atoms with Crippen molar-refractivity contribution < 1.29 is 14.5 Å². The second-order valence-corrected chi connectivity index (χ2v) is 8.20. The number of ether oxygens (including phenoxy) is 1. The molecule has 0 aromatic heterocycles. The minimum Gasteiger partial charge on any atom is -0.457 e. The van der Waals surface area contributed by atoms with E-state index in [1.54, 1.807) is 18.3 Å². The fraction of sp³-hybridized carbons (Fsp3) is 0.231. The molecule has 1 N–H and O–H groups in total. The average Bonchev–Trinajstić information content (AvgIpc) is 2.86. The number of para-hydroxylation sites is 1. The molecule has 1 amide bonds. The molecule has 1 aliphatic heterocycles. The summed E-state index contributed by atoms with van der Waals surface area (Å²) in [6, 6.07) is 23.6. The molecular formula is C26H26N4O4. The number of non-ortho nitro benzene ring substituents is 1. The fourth-order valence-electron chi connectivity index (χ4n) is 3.88. The minimum absolute atomic E-state index is 0.0806. The first-order chi connectivity index (χ1) is 16.6. The highest BCUT2D eigenvalue weighted by molar-refractivity contribution is 5.83. The third kappa shape index (κ3) is 6.49. The van der Waals surface area contributed by atoms with Crippen LogP contribution in [0.15, 0.2) is 84.0 Å². The summed E-state index contributed by atoms with van der Waals surface area (Å²) < 4.78 is 5.83. The van der Waals surface area contributed by atoms with Gasteiger partial charge in [0.05, 0.1) is 11.1 Å². The van der Waals surface area contributed by atoms with E-state index in [-0.39, 0.29) is 17.5 Å². The zero-order chi connectivity index (χ0) is 23.8. The Balaban J connectivity index is 1.23. The predicted octanol–water partition coefficient (Wildman–Crippen LogP) is 4.75. The normalized spacial score (nSPS) is 14.7. The molecule has 8 heteroatoms. The van der Waals surface area contributed by atoms with E-state index in [4.69, 9.17) is 4.74 Å². The van der Waals surface area contributed by atoms with Gasteiger partial charge in [-0.15, -0.1) is 0 Å². The molecule has 1 saturated heterocycles. The van der Waals surface area contributed by atoms with Crippen molar-refractivity contribution in [1.29, 1.82) is 0 Å². The number of hydrogen-bond acceptors (Lipinski definition) is 6. The summed E-state index contributed by atoms with van der Waals surface area (Å²) in [6.07, 6.45) is 3.10. The van der Waals surface area contributed by atoms with Crippen LogP contribution in [0.25, 0.3) is 0 Å². The predicted molar refractivity (Wildman–Crippen MR) is 130 cm³/mol. The van der Waals surface area contributed by atoms with Crippen molar-refractivity contribution in [2.75, 3.05) is 13.1 Å². The first-order valence-electron chi connectivity index (χ1n) is 11.2. The highest BCUT2D eigenvalue weighted by atomic mass is 16.6. The lowest BCUT2D eigenvalue weighted by molar-refractivity contribution is -0.384. The maximum Gasteiger partial charge on any atom is 0.269 e. The van der Waals surface area contributed by atoms with Crippen LogP contribution in [0, 0.1) is 16.0 Å². The average molecular weight is 459 g/mol. The van der Waals surface area contributed by atoms with Crippen molar-refractivity contribution in [3.05, 3.63) is 100 Å². The number of piperidine rings is 1. The summed E-state index contributed by atoms with van der Waals surface area (Å²) in [4.78, 5) is 25.2. The third-order valence-corrected chi connectivity index (χ3v) is 5.74. The number of amides is 1.